The highest BCUT2D eigenvalue weighted by molar-refractivity contribution is 5.87. The van der Waals surface area contributed by atoms with Crippen LogP contribution in [0.1, 0.15) is 36.5 Å². The van der Waals surface area contributed by atoms with Crippen LogP contribution in [0.5, 0.6) is 0 Å². The van der Waals surface area contributed by atoms with E-state index in [1.54, 1.807) is 0 Å². The van der Waals surface area contributed by atoms with E-state index >= 15 is 0 Å². The van der Waals surface area contributed by atoms with Gasteiger partial charge in [0, 0.05) is 5.39 Å². The SMILES string of the molecule is Cc1ccc(C(C)C)c2c(CCN)coc12. The lowest BCUT2D eigenvalue weighted by molar-refractivity contribution is 0.607. The molecule has 0 amide bonds. The second-order valence-electron chi connectivity index (χ2n) is 4.63. The number of fused-ring (bicyclic) bond motifs is 1. The minimum Gasteiger partial charge on any atom is -0.464 e. The van der Waals surface area contributed by atoms with Gasteiger partial charge in [0.1, 0.15) is 5.58 Å². The molecule has 0 spiro atoms. The minimum atomic E-state index is 0.511. The highest BCUT2D eigenvalue weighted by Crippen LogP contribution is 2.32. The van der Waals surface area contributed by atoms with Gasteiger partial charge in [-0.25, -0.2) is 0 Å². The molecular formula is C14H19NO. The fourth-order valence-corrected chi connectivity index (χ4v) is 2.19. The number of nitrogens with two attached hydrogens (primary N) is 1. The first kappa shape index (κ1) is 11.2. The summed E-state index contributed by atoms with van der Waals surface area (Å²) >= 11 is 0. The van der Waals surface area contributed by atoms with Gasteiger partial charge in [-0.1, -0.05) is 26.0 Å². The quantitative estimate of drug-likeness (QED) is 0.856. The number of rotatable bonds is 3. The van der Waals surface area contributed by atoms with Crippen molar-refractivity contribution >= 4 is 11.0 Å². The Hall–Kier alpha value is -1.28. The Morgan fingerprint density at radius 2 is 2.06 bits per heavy atom. The summed E-state index contributed by atoms with van der Waals surface area (Å²) in [4.78, 5) is 0. The van der Waals surface area contributed by atoms with E-state index < -0.39 is 0 Å². The molecule has 1 aromatic heterocycles. The van der Waals surface area contributed by atoms with E-state index in [9.17, 15) is 0 Å². The zero-order valence-corrected chi connectivity index (χ0v) is 10.2. The molecule has 0 radical (unpaired) electrons. The van der Waals surface area contributed by atoms with Crippen LogP contribution in [0.15, 0.2) is 22.8 Å². The van der Waals surface area contributed by atoms with Crippen LogP contribution in [0, 0.1) is 6.92 Å². The third-order valence-corrected chi connectivity index (χ3v) is 3.06. The lowest BCUT2D eigenvalue weighted by Crippen LogP contribution is -2.02. The zero-order chi connectivity index (χ0) is 11.7. The molecule has 0 aliphatic carbocycles. The number of hydrogen-bond donors (Lipinski definition) is 1. The van der Waals surface area contributed by atoms with Crippen molar-refractivity contribution in [2.24, 2.45) is 5.73 Å². The lowest BCUT2D eigenvalue weighted by Gasteiger charge is -2.09. The van der Waals surface area contributed by atoms with Crippen LogP contribution in [-0.4, -0.2) is 6.54 Å². The zero-order valence-electron chi connectivity index (χ0n) is 10.2. The van der Waals surface area contributed by atoms with Gasteiger partial charge in [-0.05, 0) is 42.5 Å². The Morgan fingerprint density at radius 3 is 2.69 bits per heavy atom. The van der Waals surface area contributed by atoms with Crippen molar-refractivity contribution in [1.82, 2.24) is 0 Å². The number of furan rings is 1. The highest BCUT2D eigenvalue weighted by atomic mass is 16.3. The summed E-state index contributed by atoms with van der Waals surface area (Å²) < 4.78 is 5.67. The maximum atomic E-state index is 5.67. The molecule has 86 valence electrons. The summed E-state index contributed by atoms with van der Waals surface area (Å²) in [7, 11) is 0. The maximum Gasteiger partial charge on any atom is 0.137 e. The number of hydrogen-bond acceptors (Lipinski definition) is 2. The number of benzene rings is 1. The third kappa shape index (κ3) is 1.74. The van der Waals surface area contributed by atoms with Gasteiger partial charge in [-0.3, -0.25) is 0 Å². The largest absolute Gasteiger partial charge is 0.464 e. The van der Waals surface area contributed by atoms with Gasteiger partial charge < -0.3 is 10.2 Å². The van der Waals surface area contributed by atoms with Crippen molar-refractivity contribution in [2.45, 2.75) is 33.1 Å². The monoisotopic (exact) mass is 217 g/mol. The lowest BCUT2D eigenvalue weighted by atomic mass is 9.94. The van der Waals surface area contributed by atoms with Crippen LogP contribution < -0.4 is 5.73 Å². The summed E-state index contributed by atoms with van der Waals surface area (Å²) in [5, 5.41) is 1.28. The summed E-state index contributed by atoms with van der Waals surface area (Å²) in [6.07, 6.45) is 2.74. The number of aryl methyl sites for hydroxylation is 1. The molecule has 2 aromatic rings. The minimum absolute atomic E-state index is 0.511. The van der Waals surface area contributed by atoms with E-state index in [2.05, 4.69) is 32.9 Å². The summed E-state index contributed by atoms with van der Waals surface area (Å²) in [5.41, 5.74) is 10.5. The predicted octanol–water partition coefficient (Wildman–Crippen LogP) is 3.37. The Kier molecular flexibility index (Phi) is 3.01. The molecule has 1 aromatic carbocycles. The Labute approximate surface area is 96.4 Å². The van der Waals surface area contributed by atoms with E-state index in [4.69, 9.17) is 10.2 Å². The summed E-state index contributed by atoms with van der Waals surface area (Å²) in [6, 6.07) is 4.34. The van der Waals surface area contributed by atoms with Gasteiger partial charge in [0.25, 0.3) is 0 Å². The highest BCUT2D eigenvalue weighted by Gasteiger charge is 2.13. The van der Waals surface area contributed by atoms with Crippen molar-refractivity contribution in [3.05, 3.63) is 35.1 Å². The third-order valence-electron chi connectivity index (χ3n) is 3.06. The molecule has 2 N–H and O–H groups in total. The Morgan fingerprint density at radius 1 is 1.31 bits per heavy atom. The molecule has 0 aliphatic heterocycles. The van der Waals surface area contributed by atoms with E-state index in [1.807, 2.05) is 6.26 Å². The molecule has 0 fully saturated rings. The molecule has 2 heteroatoms. The fraction of sp³-hybridized carbons (Fsp3) is 0.429. The van der Waals surface area contributed by atoms with Crippen LogP contribution in [-0.2, 0) is 6.42 Å². The molecule has 2 rings (SSSR count). The van der Waals surface area contributed by atoms with E-state index in [1.165, 1.54) is 22.1 Å². The molecule has 16 heavy (non-hydrogen) atoms. The standard InChI is InChI=1S/C14H19NO/c1-9(2)12-5-4-10(3)14-13(12)11(6-7-15)8-16-14/h4-5,8-9H,6-7,15H2,1-3H3. The first-order valence-electron chi connectivity index (χ1n) is 5.84. The van der Waals surface area contributed by atoms with Crippen LogP contribution in [0.4, 0.5) is 0 Å². The second kappa shape index (κ2) is 4.30. The second-order valence-corrected chi connectivity index (χ2v) is 4.63. The van der Waals surface area contributed by atoms with Gasteiger partial charge in [-0.15, -0.1) is 0 Å². The molecule has 1 heterocycles. The molecule has 0 atom stereocenters. The molecule has 0 saturated carbocycles. The Bertz CT molecular complexity index is 497. The molecule has 0 saturated heterocycles. The fourth-order valence-electron chi connectivity index (χ4n) is 2.19. The molecule has 0 bridgehead atoms. The van der Waals surface area contributed by atoms with E-state index in [0.29, 0.717) is 12.5 Å². The Balaban J connectivity index is 2.71. The van der Waals surface area contributed by atoms with E-state index in [-0.39, 0.29) is 0 Å². The van der Waals surface area contributed by atoms with Gasteiger partial charge in [-0.2, -0.15) is 0 Å². The van der Waals surface area contributed by atoms with Crippen LogP contribution in [0.25, 0.3) is 11.0 Å². The smallest absolute Gasteiger partial charge is 0.137 e. The van der Waals surface area contributed by atoms with Crippen molar-refractivity contribution in [2.75, 3.05) is 6.54 Å². The first-order valence-corrected chi connectivity index (χ1v) is 5.84. The average Bonchev–Trinajstić information content (AvgIpc) is 2.64. The van der Waals surface area contributed by atoms with Gasteiger partial charge >= 0.3 is 0 Å². The van der Waals surface area contributed by atoms with Gasteiger partial charge in [0.15, 0.2) is 0 Å². The van der Waals surface area contributed by atoms with Gasteiger partial charge in [0.05, 0.1) is 6.26 Å². The van der Waals surface area contributed by atoms with Crippen molar-refractivity contribution in [3.8, 4) is 0 Å². The average molecular weight is 217 g/mol. The maximum absolute atomic E-state index is 5.67. The summed E-state index contributed by atoms with van der Waals surface area (Å²) in [6.45, 7) is 7.18. The summed E-state index contributed by atoms with van der Waals surface area (Å²) in [5.74, 6) is 0.511. The molecule has 0 unspecified atom stereocenters. The van der Waals surface area contributed by atoms with Crippen molar-refractivity contribution < 1.29 is 4.42 Å². The molecule has 2 nitrogen and oxygen atoms in total. The van der Waals surface area contributed by atoms with Crippen LogP contribution in [0.2, 0.25) is 0 Å². The molecular weight excluding hydrogens is 198 g/mol. The van der Waals surface area contributed by atoms with E-state index in [0.717, 1.165) is 12.0 Å². The van der Waals surface area contributed by atoms with Gasteiger partial charge in [0.2, 0.25) is 0 Å². The van der Waals surface area contributed by atoms with Crippen molar-refractivity contribution in [1.29, 1.82) is 0 Å². The van der Waals surface area contributed by atoms with Crippen LogP contribution >= 0.6 is 0 Å². The first-order chi connectivity index (χ1) is 7.65. The molecule has 0 aliphatic rings. The predicted molar refractivity (Wildman–Crippen MR) is 67.8 cm³/mol. The topological polar surface area (TPSA) is 39.2 Å². The van der Waals surface area contributed by atoms with Crippen LogP contribution in [0.3, 0.4) is 0 Å². The van der Waals surface area contributed by atoms with Crippen molar-refractivity contribution in [3.63, 3.8) is 0 Å². The normalized spacial score (nSPS) is 11.6.